The number of nitrogens with one attached hydrogen (secondary N) is 1. The zero-order valence-corrected chi connectivity index (χ0v) is 16.1. The number of hydrogen-bond donors (Lipinski definition) is 1. The molecule has 0 radical (unpaired) electrons. The molecule has 1 fully saturated rings. The average molecular weight is 351 g/mol. The van der Waals surface area contributed by atoms with E-state index in [0.29, 0.717) is 18.3 Å². The third-order valence-electron chi connectivity index (χ3n) is 5.81. The van der Waals surface area contributed by atoms with Gasteiger partial charge in [0.1, 0.15) is 0 Å². The van der Waals surface area contributed by atoms with E-state index in [1.54, 1.807) is 0 Å². The quantitative estimate of drug-likeness (QED) is 0.828. The molecule has 1 aliphatic heterocycles. The van der Waals surface area contributed by atoms with Crippen LogP contribution in [0.5, 0.6) is 0 Å². The third kappa shape index (κ3) is 4.97. The van der Waals surface area contributed by atoms with Crippen molar-refractivity contribution in [1.82, 2.24) is 10.2 Å². The van der Waals surface area contributed by atoms with E-state index in [9.17, 15) is 4.79 Å². The van der Waals surface area contributed by atoms with Gasteiger partial charge in [0.2, 0.25) is 5.91 Å². The van der Waals surface area contributed by atoms with Crippen molar-refractivity contribution < 1.29 is 4.79 Å². The summed E-state index contributed by atoms with van der Waals surface area (Å²) in [5.41, 5.74) is 1.22. The van der Waals surface area contributed by atoms with Crippen LogP contribution in [0.1, 0.15) is 51.5 Å². The second-order valence-corrected chi connectivity index (χ2v) is 7.79. The molecule has 3 nitrogen and oxygen atoms in total. The standard InChI is InChI=1S/C20H31ClN2O/c1-14(17-9-11-22-12-10-17)13-20(24)23(4)16(3)15(2)18-5-7-19(21)8-6-18/h5-8,14-17,22H,9-13H2,1-4H3. The minimum atomic E-state index is 0.166. The Kier molecular flexibility index (Phi) is 7.12. The summed E-state index contributed by atoms with van der Waals surface area (Å²) in [6, 6.07) is 8.11. The topological polar surface area (TPSA) is 32.3 Å². The lowest BCUT2D eigenvalue weighted by Crippen LogP contribution is -2.40. The van der Waals surface area contributed by atoms with Gasteiger partial charge in [0, 0.05) is 30.5 Å². The summed E-state index contributed by atoms with van der Waals surface area (Å²) in [7, 11) is 1.94. The van der Waals surface area contributed by atoms with Crippen LogP contribution in [-0.2, 0) is 4.79 Å². The molecule has 1 aliphatic rings. The Labute approximate surface area is 151 Å². The summed E-state index contributed by atoms with van der Waals surface area (Å²) in [5, 5.41) is 4.15. The molecule has 1 aromatic rings. The Morgan fingerprint density at radius 1 is 1.21 bits per heavy atom. The molecule has 24 heavy (non-hydrogen) atoms. The maximum absolute atomic E-state index is 12.7. The molecule has 3 atom stereocenters. The number of amides is 1. The summed E-state index contributed by atoms with van der Waals surface area (Å²) in [4.78, 5) is 14.6. The van der Waals surface area contributed by atoms with Gasteiger partial charge in [-0.1, -0.05) is 37.6 Å². The first-order valence-corrected chi connectivity index (χ1v) is 9.49. The lowest BCUT2D eigenvalue weighted by atomic mass is 9.83. The first kappa shape index (κ1) is 19.3. The molecule has 0 saturated carbocycles. The number of hydrogen-bond acceptors (Lipinski definition) is 2. The third-order valence-corrected chi connectivity index (χ3v) is 6.06. The molecular formula is C20H31ClN2O. The first-order chi connectivity index (χ1) is 11.4. The molecular weight excluding hydrogens is 320 g/mol. The Hall–Kier alpha value is -1.06. The number of nitrogens with zero attached hydrogens (tertiary/aromatic N) is 1. The molecule has 1 heterocycles. The first-order valence-electron chi connectivity index (χ1n) is 9.12. The van der Waals surface area contributed by atoms with Crippen molar-refractivity contribution in [2.45, 2.75) is 52.0 Å². The van der Waals surface area contributed by atoms with Gasteiger partial charge in [0.25, 0.3) is 0 Å². The number of halogens is 1. The lowest BCUT2D eigenvalue weighted by Gasteiger charge is -2.33. The van der Waals surface area contributed by atoms with Crippen molar-refractivity contribution in [2.75, 3.05) is 20.1 Å². The highest BCUT2D eigenvalue weighted by molar-refractivity contribution is 6.30. The van der Waals surface area contributed by atoms with Crippen molar-refractivity contribution in [2.24, 2.45) is 11.8 Å². The van der Waals surface area contributed by atoms with Crippen LogP contribution >= 0.6 is 11.6 Å². The smallest absolute Gasteiger partial charge is 0.222 e. The molecule has 0 aliphatic carbocycles. The number of likely N-dealkylation sites (N-methyl/N-ethyl adjacent to an activating group) is 1. The fourth-order valence-corrected chi connectivity index (χ4v) is 3.73. The zero-order valence-electron chi connectivity index (χ0n) is 15.4. The van der Waals surface area contributed by atoms with Gasteiger partial charge in [-0.15, -0.1) is 0 Å². The van der Waals surface area contributed by atoms with Gasteiger partial charge in [-0.3, -0.25) is 4.79 Å². The highest BCUT2D eigenvalue weighted by Gasteiger charge is 2.27. The van der Waals surface area contributed by atoms with Crippen LogP contribution in [0.25, 0.3) is 0 Å². The summed E-state index contributed by atoms with van der Waals surface area (Å²) < 4.78 is 0. The summed E-state index contributed by atoms with van der Waals surface area (Å²) in [5.74, 6) is 1.67. The molecule has 2 rings (SSSR count). The average Bonchev–Trinajstić information content (AvgIpc) is 2.61. The van der Waals surface area contributed by atoms with Gasteiger partial charge in [-0.25, -0.2) is 0 Å². The lowest BCUT2D eigenvalue weighted by molar-refractivity contribution is -0.133. The predicted octanol–water partition coefficient (Wildman–Crippen LogP) is 4.32. The van der Waals surface area contributed by atoms with Gasteiger partial charge in [-0.05, 0) is 62.4 Å². The number of carbonyl (C=O) groups excluding carboxylic acids is 1. The summed E-state index contributed by atoms with van der Waals surface area (Å²) in [6.07, 6.45) is 3.03. The Morgan fingerprint density at radius 2 is 1.79 bits per heavy atom. The molecule has 1 aromatic carbocycles. The Balaban J connectivity index is 1.92. The normalized spacial score (nSPS) is 19.5. The molecule has 0 aromatic heterocycles. The highest BCUT2D eigenvalue weighted by atomic mass is 35.5. The molecule has 0 spiro atoms. The monoisotopic (exact) mass is 350 g/mol. The van der Waals surface area contributed by atoms with E-state index >= 15 is 0 Å². The minimum Gasteiger partial charge on any atom is -0.342 e. The van der Waals surface area contributed by atoms with Gasteiger partial charge < -0.3 is 10.2 Å². The van der Waals surface area contributed by atoms with E-state index < -0.39 is 0 Å². The van der Waals surface area contributed by atoms with Gasteiger partial charge >= 0.3 is 0 Å². The van der Waals surface area contributed by atoms with E-state index in [1.807, 2.05) is 24.1 Å². The minimum absolute atomic E-state index is 0.166. The SMILES string of the molecule is CC(CC(=O)N(C)C(C)C(C)c1ccc(Cl)cc1)C1CCNCC1. The predicted molar refractivity (Wildman–Crippen MR) is 101 cm³/mol. The van der Waals surface area contributed by atoms with Crippen LogP contribution < -0.4 is 5.32 Å². The second kappa shape index (κ2) is 8.87. The van der Waals surface area contributed by atoms with Crippen molar-refractivity contribution in [3.05, 3.63) is 34.9 Å². The van der Waals surface area contributed by atoms with Crippen LogP contribution in [-0.4, -0.2) is 37.0 Å². The molecule has 4 heteroatoms. The van der Waals surface area contributed by atoms with Gasteiger partial charge in [0.15, 0.2) is 0 Å². The van der Waals surface area contributed by atoms with Crippen LogP contribution in [0, 0.1) is 11.8 Å². The Bertz CT molecular complexity index is 525. The van der Waals surface area contributed by atoms with E-state index in [1.165, 1.54) is 18.4 Å². The number of rotatable bonds is 6. The van der Waals surface area contributed by atoms with Crippen LogP contribution in [0.3, 0.4) is 0 Å². The van der Waals surface area contributed by atoms with Gasteiger partial charge in [-0.2, -0.15) is 0 Å². The number of piperidine rings is 1. The molecule has 1 saturated heterocycles. The number of benzene rings is 1. The molecule has 134 valence electrons. The van der Waals surface area contributed by atoms with Crippen molar-refractivity contribution >= 4 is 17.5 Å². The number of carbonyl (C=O) groups is 1. The van der Waals surface area contributed by atoms with E-state index in [0.717, 1.165) is 18.1 Å². The van der Waals surface area contributed by atoms with Crippen LogP contribution in [0.2, 0.25) is 5.02 Å². The van der Waals surface area contributed by atoms with Crippen LogP contribution in [0.4, 0.5) is 0 Å². The van der Waals surface area contributed by atoms with Crippen molar-refractivity contribution in [3.63, 3.8) is 0 Å². The molecule has 1 N–H and O–H groups in total. The molecule has 1 amide bonds. The fourth-order valence-electron chi connectivity index (χ4n) is 3.61. The van der Waals surface area contributed by atoms with E-state index in [4.69, 9.17) is 11.6 Å². The van der Waals surface area contributed by atoms with Crippen molar-refractivity contribution in [3.8, 4) is 0 Å². The maximum Gasteiger partial charge on any atom is 0.222 e. The second-order valence-electron chi connectivity index (χ2n) is 7.35. The maximum atomic E-state index is 12.7. The zero-order chi connectivity index (χ0) is 17.7. The van der Waals surface area contributed by atoms with Gasteiger partial charge in [0.05, 0.1) is 0 Å². The highest BCUT2D eigenvalue weighted by Crippen LogP contribution is 2.27. The Morgan fingerprint density at radius 3 is 2.38 bits per heavy atom. The molecule has 0 bridgehead atoms. The largest absolute Gasteiger partial charge is 0.342 e. The van der Waals surface area contributed by atoms with Crippen molar-refractivity contribution in [1.29, 1.82) is 0 Å². The van der Waals surface area contributed by atoms with E-state index in [2.05, 4.69) is 38.2 Å². The van der Waals surface area contributed by atoms with E-state index in [-0.39, 0.29) is 17.9 Å². The summed E-state index contributed by atoms with van der Waals surface area (Å²) in [6.45, 7) is 8.71. The van der Waals surface area contributed by atoms with Crippen LogP contribution in [0.15, 0.2) is 24.3 Å². The fraction of sp³-hybridized carbons (Fsp3) is 0.650. The summed E-state index contributed by atoms with van der Waals surface area (Å²) >= 11 is 5.97. The molecule has 3 unspecified atom stereocenters.